The lowest BCUT2D eigenvalue weighted by Crippen LogP contribution is -2.31. The molecule has 6 nitrogen and oxygen atoms in total. The molecule has 0 radical (unpaired) electrons. The quantitative estimate of drug-likeness (QED) is 0.852. The number of allylic oxidation sites excluding steroid dienone is 2. The van der Waals surface area contributed by atoms with Gasteiger partial charge >= 0.3 is 0 Å². The molecule has 6 heteroatoms. The number of aromatic hydroxyl groups is 1. The number of ether oxygens (including phenoxy) is 3. The van der Waals surface area contributed by atoms with Crippen molar-refractivity contribution in [1.82, 2.24) is 0 Å². The Morgan fingerprint density at radius 3 is 2.61 bits per heavy atom. The minimum Gasteiger partial charge on any atom is -0.508 e. The summed E-state index contributed by atoms with van der Waals surface area (Å²) in [5.74, 6) is -0.451. The Bertz CT molecular complexity index is 743. The van der Waals surface area contributed by atoms with Crippen molar-refractivity contribution in [3.8, 4) is 11.5 Å². The lowest BCUT2D eigenvalue weighted by molar-refractivity contribution is -0.121. The maximum absolute atomic E-state index is 12.6. The van der Waals surface area contributed by atoms with E-state index in [1.807, 2.05) is 0 Å². The van der Waals surface area contributed by atoms with Crippen LogP contribution < -0.4 is 4.74 Å². The Morgan fingerprint density at radius 2 is 1.91 bits per heavy atom. The van der Waals surface area contributed by atoms with Crippen molar-refractivity contribution in [2.24, 2.45) is 5.92 Å². The summed E-state index contributed by atoms with van der Waals surface area (Å²) in [7, 11) is 2.66. The van der Waals surface area contributed by atoms with Gasteiger partial charge < -0.3 is 19.3 Å². The van der Waals surface area contributed by atoms with Gasteiger partial charge in [-0.2, -0.15) is 0 Å². The minimum atomic E-state index is -0.393. The number of methoxy groups -OCH3 is 2. The Balaban J connectivity index is 1.90. The minimum absolute atomic E-state index is 0.0773. The predicted octanol–water partition coefficient (Wildman–Crippen LogP) is 1.53. The van der Waals surface area contributed by atoms with Crippen molar-refractivity contribution in [2.75, 3.05) is 20.8 Å². The number of benzene rings is 1. The Labute approximate surface area is 133 Å². The first-order valence-electron chi connectivity index (χ1n) is 7.12. The van der Waals surface area contributed by atoms with Crippen molar-refractivity contribution in [3.05, 3.63) is 46.9 Å². The molecule has 0 aromatic heterocycles. The summed E-state index contributed by atoms with van der Waals surface area (Å²) in [4.78, 5) is 24.7. The average molecular weight is 316 g/mol. The molecule has 0 spiro atoms. The van der Waals surface area contributed by atoms with Crippen molar-refractivity contribution < 1.29 is 28.9 Å². The van der Waals surface area contributed by atoms with Gasteiger partial charge in [0.15, 0.2) is 0 Å². The molecular weight excluding hydrogens is 300 g/mol. The monoisotopic (exact) mass is 316 g/mol. The molecule has 1 aliphatic heterocycles. The van der Waals surface area contributed by atoms with Gasteiger partial charge in [-0.3, -0.25) is 9.59 Å². The molecule has 0 unspecified atom stereocenters. The molecule has 1 aromatic rings. The van der Waals surface area contributed by atoms with Crippen LogP contribution in [0.2, 0.25) is 0 Å². The van der Waals surface area contributed by atoms with E-state index in [0.29, 0.717) is 17.7 Å². The molecule has 2 aliphatic rings. The molecule has 3 rings (SSSR count). The number of phenols is 1. The van der Waals surface area contributed by atoms with Gasteiger partial charge in [-0.1, -0.05) is 6.07 Å². The summed E-state index contributed by atoms with van der Waals surface area (Å²) in [5.41, 5.74) is 1.23. The van der Waals surface area contributed by atoms with Crippen molar-refractivity contribution in [1.29, 1.82) is 0 Å². The zero-order valence-corrected chi connectivity index (χ0v) is 12.8. The number of rotatable bonds is 3. The van der Waals surface area contributed by atoms with Crippen LogP contribution in [0.3, 0.4) is 0 Å². The topological polar surface area (TPSA) is 82.1 Å². The molecule has 0 saturated carbocycles. The number of carbonyl (C=O) groups is 2. The van der Waals surface area contributed by atoms with Gasteiger partial charge in [0.05, 0.1) is 20.8 Å². The number of Topliss-reactive ketones (excluding diaryl/α,β-unsaturated/α-hetero) is 1. The fourth-order valence-electron chi connectivity index (χ4n) is 2.86. The largest absolute Gasteiger partial charge is 0.508 e. The molecular formula is C17H16O6. The first-order valence-corrected chi connectivity index (χ1v) is 7.12. The van der Waals surface area contributed by atoms with Gasteiger partial charge in [0.1, 0.15) is 11.5 Å². The molecule has 1 aliphatic carbocycles. The molecule has 0 bridgehead atoms. The zero-order chi connectivity index (χ0) is 16.6. The van der Waals surface area contributed by atoms with Gasteiger partial charge in [0.25, 0.3) is 0 Å². The van der Waals surface area contributed by atoms with E-state index < -0.39 is 5.78 Å². The Kier molecular flexibility index (Phi) is 3.82. The molecule has 120 valence electrons. The number of hydrogen-bond acceptors (Lipinski definition) is 6. The van der Waals surface area contributed by atoms with Crippen LogP contribution in [0.4, 0.5) is 0 Å². The number of hydrogen-bond donors (Lipinski definition) is 1. The highest BCUT2D eigenvalue weighted by Gasteiger charge is 2.36. The number of ketones is 2. The standard InChI is InChI=1S/C17H16O6/c1-21-16-13(19)7-12(15(20)17(16)22-2)10-5-9-3-4-11(18)6-14(9)23-8-10/h3-4,6-7,10,18H,5,8H2,1-2H3/t10-/m1/s1. The van der Waals surface area contributed by atoms with Gasteiger partial charge in [0.2, 0.25) is 23.1 Å². The van der Waals surface area contributed by atoms with Crippen molar-refractivity contribution in [3.63, 3.8) is 0 Å². The summed E-state index contributed by atoms with van der Waals surface area (Å²) in [5, 5.41) is 9.48. The summed E-state index contributed by atoms with van der Waals surface area (Å²) in [6.45, 7) is 0.251. The van der Waals surface area contributed by atoms with E-state index in [1.54, 1.807) is 12.1 Å². The number of phenolic OH excluding ortho intramolecular Hbond substituents is 1. The van der Waals surface area contributed by atoms with Gasteiger partial charge in [-0.15, -0.1) is 0 Å². The van der Waals surface area contributed by atoms with Crippen LogP contribution in [0.25, 0.3) is 0 Å². The second-order valence-electron chi connectivity index (χ2n) is 5.36. The highest BCUT2D eigenvalue weighted by Crippen LogP contribution is 2.35. The maximum Gasteiger partial charge on any atom is 0.228 e. The summed E-state index contributed by atoms with van der Waals surface area (Å²) in [6.07, 6.45) is 1.84. The molecule has 1 heterocycles. The van der Waals surface area contributed by atoms with Gasteiger partial charge in [-0.25, -0.2) is 0 Å². The fourth-order valence-corrected chi connectivity index (χ4v) is 2.86. The van der Waals surface area contributed by atoms with Crippen molar-refractivity contribution >= 4 is 11.6 Å². The Hall–Kier alpha value is -2.76. The van der Waals surface area contributed by atoms with Crippen LogP contribution in [0.15, 0.2) is 41.4 Å². The van der Waals surface area contributed by atoms with Crippen LogP contribution in [0, 0.1) is 5.92 Å². The molecule has 1 N–H and O–H groups in total. The van der Waals surface area contributed by atoms with E-state index >= 15 is 0 Å². The second kappa shape index (κ2) is 5.79. The second-order valence-corrected chi connectivity index (χ2v) is 5.36. The van der Waals surface area contributed by atoms with Gasteiger partial charge in [-0.05, 0) is 24.1 Å². The molecule has 0 amide bonds. The SMILES string of the molecule is COC1=C(OC)C(=O)C([C@H]2COc3cc(O)ccc3C2)=CC1=O. The Morgan fingerprint density at radius 1 is 1.17 bits per heavy atom. The molecule has 23 heavy (non-hydrogen) atoms. The van der Waals surface area contributed by atoms with Crippen LogP contribution in [-0.2, 0) is 25.5 Å². The first-order chi connectivity index (χ1) is 11.0. The molecule has 1 aromatic carbocycles. The van der Waals surface area contributed by atoms with E-state index in [4.69, 9.17) is 14.2 Å². The van der Waals surface area contributed by atoms with E-state index in [0.717, 1.165) is 5.56 Å². The zero-order valence-electron chi connectivity index (χ0n) is 12.8. The molecule has 0 fully saturated rings. The van der Waals surface area contributed by atoms with Crippen LogP contribution in [-0.4, -0.2) is 37.5 Å². The van der Waals surface area contributed by atoms with Crippen LogP contribution >= 0.6 is 0 Å². The number of fused-ring (bicyclic) bond motifs is 1. The van der Waals surface area contributed by atoms with E-state index in [2.05, 4.69) is 0 Å². The maximum atomic E-state index is 12.6. The van der Waals surface area contributed by atoms with E-state index in [9.17, 15) is 14.7 Å². The predicted molar refractivity (Wildman–Crippen MR) is 79.9 cm³/mol. The lowest BCUT2D eigenvalue weighted by Gasteiger charge is -2.28. The lowest BCUT2D eigenvalue weighted by atomic mass is 9.84. The molecule has 1 atom stereocenters. The third-order valence-electron chi connectivity index (χ3n) is 3.99. The van der Waals surface area contributed by atoms with Crippen LogP contribution in [0.5, 0.6) is 11.5 Å². The average Bonchev–Trinajstić information content (AvgIpc) is 2.55. The summed E-state index contributed by atoms with van der Waals surface area (Å²) in [6, 6.07) is 4.85. The third-order valence-corrected chi connectivity index (χ3v) is 3.99. The molecule has 0 saturated heterocycles. The first kappa shape index (κ1) is 15.1. The van der Waals surface area contributed by atoms with E-state index in [1.165, 1.54) is 26.4 Å². The van der Waals surface area contributed by atoms with E-state index in [-0.39, 0.29) is 35.6 Å². The van der Waals surface area contributed by atoms with Crippen molar-refractivity contribution in [2.45, 2.75) is 6.42 Å². The summed E-state index contributed by atoms with van der Waals surface area (Å²) < 4.78 is 15.6. The third kappa shape index (κ3) is 2.56. The highest BCUT2D eigenvalue weighted by molar-refractivity contribution is 6.21. The van der Waals surface area contributed by atoms with Crippen LogP contribution in [0.1, 0.15) is 5.56 Å². The summed E-state index contributed by atoms with van der Waals surface area (Å²) >= 11 is 0. The number of carbonyl (C=O) groups excluding carboxylic acids is 2. The normalized spacial score (nSPS) is 20.6. The van der Waals surface area contributed by atoms with Gasteiger partial charge in [0, 0.05) is 17.6 Å². The highest BCUT2D eigenvalue weighted by atomic mass is 16.5. The fraction of sp³-hybridized carbons (Fsp3) is 0.294. The smallest absolute Gasteiger partial charge is 0.228 e.